The van der Waals surface area contributed by atoms with Crippen molar-refractivity contribution in [3.63, 3.8) is 0 Å². The van der Waals surface area contributed by atoms with Crippen LogP contribution >= 0.6 is 0 Å². The molecule has 0 aromatic heterocycles. The molecule has 23 heavy (non-hydrogen) atoms. The van der Waals surface area contributed by atoms with Crippen LogP contribution < -0.4 is 5.32 Å². The summed E-state index contributed by atoms with van der Waals surface area (Å²) < 4.78 is 4.93. The average Bonchev–Trinajstić information content (AvgIpc) is 2.54. The van der Waals surface area contributed by atoms with Crippen LogP contribution in [-0.2, 0) is 21.4 Å². The van der Waals surface area contributed by atoms with Crippen molar-refractivity contribution in [1.82, 2.24) is 0 Å². The fourth-order valence-corrected chi connectivity index (χ4v) is 2.45. The molecule has 2 aromatic rings. The zero-order valence-electron chi connectivity index (χ0n) is 14.3. The van der Waals surface area contributed by atoms with Crippen LogP contribution in [0, 0.1) is 0 Å². The predicted octanol–water partition coefficient (Wildman–Crippen LogP) is 4.18. The lowest BCUT2D eigenvalue weighted by Gasteiger charge is -2.21. The molecule has 0 aliphatic rings. The minimum atomic E-state index is -0.400. The molecule has 2 rings (SSSR count). The molecule has 0 aliphatic heterocycles. The van der Waals surface area contributed by atoms with E-state index in [1.165, 1.54) is 12.7 Å². The third kappa shape index (κ3) is 4.85. The fraction of sp³-hybridized carbons (Fsp3) is 0.350. The quantitative estimate of drug-likeness (QED) is 0.842. The molecule has 0 radical (unpaired) electrons. The smallest absolute Gasteiger partial charge is 0.328 e. The number of hydrogen-bond acceptors (Lipinski definition) is 3. The Morgan fingerprint density at radius 3 is 2.17 bits per heavy atom. The number of hydrogen-bond donors (Lipinski definition) is 1. The summed E-state index contributed by atoms with van der Waals surface area (Å²) in [6.45, 7) is 6.55. The molecule has 1 atom stereocenters. The van der Waals surface area contributed by atoms with Crippen LogP contribution in [0.15, 0.2) is 54.6 Å². The molecule has 3 heteroatoms. The van der Waals surface area contributed by atoms with Crippen molar-refractivity contribution in [2.24, 2.45) is 0 Å². The lowest BCUT2D eigenvalue weighted by Crippen LogP contribution is -2.32. The van der Waals surface area contributed by atoms with Crippen molar-refractivity contribution in [2.45, 2.75) is 38.6 Å². The minimum Gasteiger partial charge on any atom is -0.467 e. The summed E-state index contributed by atoms with van der Waals surface area (Å²) in [5, 5.41) is 3.28. The maximum Gasteiger partial charge on any atom is 0.328 e. The minimum absolute atomic E-state index is 0.115. The first kappa shape index (κ1) is 17.1. The summed E-state index contributed by atoms with van der Waals surface area (Å²) in [4.78, 5) is 12.1. The number of carbonyl (C=O) groups is 1. The van der Waals surface area contributed by atoms with E-state index >= 15 is 0 Å². The maximum atomic E-state index is 12.1. The summed E-state index contributed by atoms with van der Waals surface area (Å²) in [6, 6.07) is 17.8. The highest BCUT2D eigenvalue weighted by molar-refractivity contribution is 5.79. The van der Waals surface area contributed by atoms with Gasteiger partial charge in [-0.05, 0) is 28.7 Å². The van der Waals surface area contributed by atoms with Gasteiger partial charge in [0.1, 0.15) is 6.04 Å². The van der Waals surface area contributed by atoms with Crippen molar-refractivity contribution >= 4 is 11.7 Å². The Morgan fingerprint density at radius 2 is 1.65 bits per heavy atom. The number of esters is 1. The molecule has 0 fully saturated rings. The number of methoxy groups -OCH3 is 1. The lowest BCUT2D eigenvalue weighted by molar-refractivity contribution is -0.141. The van der Waals surface area contributed by atoms with Crippen LogP contribution in [-0.4, -0.2) is 19.1 Å². The molecule has 0 heterocycles. The van der Waals surface area contributed by atoms with Gasteiger partial charge < -0.3 is 10.1 Å². The molecule has 0 spiro atoms. The Bertz CT molecular complexity index is 627. The van der Waals surface area contributed by atoms with Crippen LogP contribution in [0.5, 0.6) is 0 Å². The zero-order chi connectivity index (χ0) is 16.9. The van der Waals surface area contributed by atoms with E-state index in [0.29, 0.717) is 6.42 Å². The highest BCUT2D eigenvalue weighted by atomic mass is 16.5. The van der Waals surface area contributed by atoms with Crippen LogP contribution in [0.3, 0.4) is 0 Å². The summed E-state index contributed by atoms with van der Waals surface area (Å²) in [5.41, 5.74) is 3.40. The van der Waals surface area contributed by atoms with E-state index in [0.717, 1.165) is 11.3 Å². The fourth-order valence-electron chi connectivity index (χ4n) is 2.45. The molecule has 3 nitrogen and oxygen atoms in total. The van der Waals surface area contributed by atoms with Gasteiger partial charge in [0.15, 0.2) is 0 Å². The topological polar surface area (TPSA) is 38.3 Å². The van der Waals surface area contributed by atoms with Crippen molar-refractivity contribution in [3.8, 4) is 0 Å². The highest BCUT2D eigenvalue weighted by Gasteiger charge is 2.20. The maximum absolute atomic E-state index is 12.1. The van der Waals surface area contributed by atoms with Crippen LogP contribution in [0.25, 0.3) is 0 Å². The van der Waals surface area contributed by atoms with Gasteiger partial charge in [0.05, 0.1) is 7.11 Å². The first-order chi connectivity index (χ1) is 10.9. The van der Waals surface area contributed by atoms with Gasteiger partial charge in [-0.15, -0.1) is 0 Å². The second-order valence-electron chi connectivity index (χ2n) is 6.74. The van der Waals surface area contributed by atoms with Crippen LogP contribution in [0.4, 0.5) is 5.69 Å². The summed E-state index contributed by atoms with van der Waals surface area (Å²) in [5.74, 6) is -0.256. The van der Waals surface area contributed by atoms with Crippen LogP contribution in [0.2, 0.25) is 0 Å². The molecule has 2 aromatic carbocycles. The Morgan fingerprint density at radius 1 is 1.04 bits per heavy atom. The number of anilines is 1. The first-order valence-electron chi connectivity index (χ1n) is 7.89. The van der Waals surface area contributed by atoms with Gasteiger partial charge in [0.25, 0.3) is 0 Å². The van der Waals surface area contributed by atoms with E-state index in [2.05, 4.69) is 38.2 Å². The van der Waals surface area contributed by atoms with Crippen LogP contribution in [0.1, 0.15) is 31.9 Å². The number of carbonyl (C=O) groups excluding carboxylic acids is 1. The second-order valence-corrected chi connectivity index (χ2v) is 6.74. The third-order valence-corrected chi connectivity index (χ3v) is 3.86. The zero-order valence-corrected chi connectivity index (χ0v) is 14.3. The van der Waals surface area contributed by atoms with E-state index < -0.39 is 6.04 Å². The van der Waals surface area contributed by atoms with E-state index in [1.807, 2.05) is 42.5 Å². The molecule has 0 amide bonds. The van der Waals surface area contributed by atoms with Gasteiger partial charge in [-0.25, -0.2) is 4.79 Å². The third-order valence-electron chi connectivity index (χ3n) is 3.86. The van der Waals surface area contributed by atoms with Crippen molar-refractivity contribution in [2.75, 3.05) is 12.4 Å². The molecule has 122 valence electrons. The van der Waals surface area contributed by atoms with Gasteiger partial charge in [-0.3, -0.25) is 0 Å². The SMILES string of the molecule is COC(=O)[C@H](Cc1ccccc1)Nc1ccc(C(C)(C)C)cc1. The summed E-state index contributed by atoms with van der Waals surface area (Å²) in [6.07, 6.45) is 0.592. The number of nitrogens with one attached hydrogen (secondary N) is 1. The van der Waals surface area contributed by atoms with Gasteiger partial charge >= 0.3 is 5.97 Å². The van der Waals surface area contributed by atoms with E-state index in [1.54, 1.807) is 0 Å². The normalized spacial score (nSPS) is 12.5. The first-order valence-corrected chi connectivity index (χ1v) is 7.89. The Kier molecular flexibility index (Phi) is 5.43. The van der Waals surface area contributed by atoms with E-state index in [-0.39, 0.29) is 11.4 Å². The number of ether oxygens (including phenoxy) is 1. The molecular formula is C20H25NO2. The molecule has 0 aliphatic carbocycles. The van der Waals surface area contributed by atoms with E-state index in [9.17, 15) is 4.79 Å². The van der Waals surface area contributed by atoms with Crippen molar-refractivity contribution < 1.29 is 9.53 Å². The Balaban J connectivity index is 2.13. The molecular weight excluding hydrogens is 286 g/mol. The summed E-state index contributed by atoms with van der Waals surface area (Å²) in [7, 11) is 1.42. The van der Waals surface area contributed by atoms with Crippen molar-refractivity contribution in [1.29, 1.82) is 0 Å². The van der Waals surface area contributed by atoms with E-state index in [4.69, 9.17) is 4.74 Å². The lowest BCUT2D eigenvalue weighted by atomic mass is 9.87. The second kappa shape index (κ2) is 7.32. The molecule has 1 N–H and O–H groups in total. The molecule has 0 bridgehead atoms. The Labute approximate surface area is 138 Å². The number of benzene rings is 2. The molecule has 0 saturated heterocycles. The molecule has 0 saturated carbocycles. The summed E-state index contributed by atoms with van der Waals surface area (Å²) >= 11 is 0. The monoisotopic (exact) mass is 311 g/mol. The number of rotatable bonds is 5. The predicted molar refractivity (Wildman–Crippen MR) is 94.7 cm³/mol. The highest BCUT2D eigenvalue weighted by Crippen LogP contribution is 2.24. The van der Waals surface area contributed by atoms with Gasteiger partial charge in [-0.1, -0.05) is 63.2 Å². The average molecular weight is 311 g/mol. The largest absolute Gasteiger partial charge is 0.467 e. The van der Waals surface area contributed by atoms with Gasteiger partial charge in [0, 0.05) is 12.1 Å². The van der Waals surface area contributed by atoms with Crippen molar-refractivity contribution in [3.05, 3.63) is 65.7 Å². The van der Waals surface area contributed by atoms with Gasteiger partial charge in [0.2, 0.25) is 0 Å². The van der Waals surface area contributed by atoms with Gasteiger partial charge in [-0.2, -0.15) is 0 Å². The molecule has 0 unspecified atom stereocenters. The standard InChI is InChI=1S/C20H25NO2/c1-20(2,3)16-10-12-17(13-11-16)21-18(19(22)23-4)14-15-8-6-5-7-9-15/h5-13,18,21H,14H2,1-4H3/t18-/m0/s1. The Hall–Kier alpha value is -2.29.